The third-order valence-electron chi connectivity index (χ3n) is 3.93. The van der Waals surface area contributed by atoms with Gasteiger partial charge in [0.05, 0.1) is 6.33 Å². The Morgan fingerprint density at radius 1 is 1.16 bits per heavy atom. The number of nitrogens with one attached hydrogen (secondary N) is 1. The molecule has 1 aromatic carbocycles. The van der Waals surface area contributed by atoms with Crippen molar-refractivity contribution < 1.29 is 4.79 Å². The molecule has 0 radical (unpaired) electrons. The minimum absolute atomic E-state index is 0.0719. The first-order valence-corrected chi connectivity index (χ1v) is 7.88. The largest absolute Gasteiger partial charge is 0.350 e. The number of carbonyl (C=O) groups is 1. The van der Waals surface area contributed by atoms with E-state index in [1.54, 1.807) is 12.1 Å². The summed E-state index contributed by atoms with van der Waals surface area (Å²) in [7, 11) is 2.92. The van der Waals surface area contributed by atoms with Crippen molar-refractivity contribution in [2.45, 2.75) is 13.1 Å². The lowest BCUT2D eigenvalue weighted by molar-refractivity contribution is -0.121. The number of rotatable bonds is 4. The van der Waals surface area contributed by atoms with E-state index in [0.717, 1.165) is 10.1 Å². The molecule has 8 nitrogen and oxygen atoms in total. The van der Waals surface area contributed by atoms with Crippen LogP contribution < -0.4 is 16.6 Å². The highest BCUT2D eigenvalue weighted by Gasteiger charge is 2.15. The normalized spacial score (nSPS) is 11.0. The minimum atomic E-state index is -0.485. The molecular formula is C16H16ClN5O3. The molecule has 9 heteroatoms. The molecule has 2 heterocycles. The Kier molecular flexibility index (Phi) is 4.45. The monoisotopic (exact) mass is 361 g/mol. The predicted octanol–water partition coefficient (Wildman–Crippen LogP) is 0.403. The number of fused-ring (bicyclic) bond motifs is 1. The van der Waals surface area contributed by atoms with Crippen LogP contribution in [0.25, 0.3) is 11.2 Å². The second-order valence-corrected chi connectivity index (χ2v) is 6.09. The number of imidazole rings is 1. The van der Waals surface area contributed by atoms with E-state index in [1.165, 1.54) is 29.6 Å². The molecule has 0 aliphatic carbocycles. The second kappa shape index (κ2) is 6.56. The van der Waals surface area contributed by atoms with Gasteiger partial charge in [0.1, 0.15) is 6.54 Å². The first kappa shape index (κ1) is 17.0. The SMILES string of the molecule is Cn1c(=O)c2c(ncn2CC(=O)NCc2ccc(Cl)cc2)n(C)c1=O. The Morgan fingerprint density at radius 2 is 1.84 bits per heavy atom. The van der Waals surface area contributed by atoms with E-state index in [2.05, 4.69) is 10.3 Å². The van der Waals surface area contributed by atoms with Gasteiger partial charge in [-0.2, -0.15) is 0 Å². The van der Waals surface area contributed by atoms with Crippen molar-refractivity contribution in [3.63, 3.8) is 0 Å². The van der Waals surface area contributed by atoms with E-state index in [-0.39, 0.29) is 23.6 Å². The Hall–Kier alpha value is -2.87. The van der Waals surface area contributed by atoms with Crippen LogP contribution in [0.15, 0.2) is 40.2 Å². The molecule has 0 unspecified atom stereocenters. The number of halogens is 1. The lowest BCUT2D eigenvalue weighted by atomic mass is 10.2. The van der Waals surface area contributed by atoms with Crippen LogP contribution in [0.5, 0.6) is 0 Å². The number of amides is 1. The summed E-state index contributed by atoms with van der Waals surface area (Å²) in [5.74, 6) is -0.273. The van der Waals surface area contributed by atoms with E-state index < -0.39 is 11.2 Å². The maximum atomic E-state index is 12.3. The van der Waals surface area contributed by atoms with Crippen LogP contribution >= 0.6 is 11.6 Å². The van der Waals surface area contributed by atoms with Gasteiger partial charge in [0.15, 0.2) is 11.2 Å². The molecule has 0 atom stereocenters. The molecule has 0 saturated carbocycles. The number of hydrogen-bond acceptors (Lipinski definition) is 4. The number of aromatic nitrogens is 4. The fraction of sp³-hybridized carbons (Fsp3) is 0.250. The van der Waals surface area contributed by atoms with E-state index in [4.69, 9.17) is 11.6 Å². The topological polar surface area (TPSA) is 90.9 Å². The quantitative estimate of drug-likeness (QED) is 0.728. The summed E-state index contributed by atoms with van der Waals surface area (Å²) in [6.45, 7) is 0.274. The Morgan fingerprint density at radius 3 is 2.52 bits per heavy atom. The highest BCUT2D eigenvalue weighted by atomic mass is 35.5. The molecule has 0 bridgehead atoms. The smallest absolute Gasteiger partial charge is 0.332 e. The summed E-state index contributed by atoms with van der Waals surface area (Å²) in [5, 5.41) is 3.40. The van der Waals surface area contributed by atoms with Gasteiger partial charge in [0.2, 0.25) is 5.91 Å². The van der Waals surface area contributed by atoms with Gasteiger partial charge in [-0.05, 0) is 17.7 Å². The van der Waals surface area contributed by atoms with E-state index in [9.17, 15) is 14.4 Å². The maximum Gasteiger partial charge on any atom is 0.332 e. The Labute approximate surface area is 147 Å². The average molecular weight is 362 g/mol. The van der Waals surface area contributed by atoms with Crippen LogP contribution in [0.4, 0.5) is 0 Å². The van der Waals surface area contributed by atoms with Crippen molar-refractivity contribution in [1.82, 2.24) is 24.0 Å². The maximum absolute atomic E-state index is 12.3. The highest BCUT2D eigenvalue weighted by Crippen LogP contribution is 2.09. The predicted molar refractivity (Wildman–Crippen MR) is 93.5 cm³/mol. The van der Waals surface area contributed by atoms with Crippen molar-refractivity contribution in [2.75, 3.05) is 0 Å². The molecule has 3 aromatic rings. The zero-order valence-electron chi connectivity index (χ0n) is 13.7. The van der Waals surface area contributed by atoms with Crippen LogP contribution in [-0.2, 0) is 32.0 Å². The molecule has 0 saturated heterocycles. The van der Waals surface area contributed by atoms with E-state index in [1.807, 2.05) is 12.1 Å². The molecule has 0 fully saturated rings. The Bertz CT molecular complexity index is 1060. The van der Waals surface area contributed by atoms with Crippen molar-refractivity contribution in [2.24, 2.45) is 14.1 Å². The molecule has 2 aromatic heterocycles. The summed E-state index contributed by atoms with van der Waals surface area (Å²) in [5.41, 5.74) is 0.424. The standard InChI is InChI=1S/C16H16ClN5O3/c1-20-14-13(15(24)21(2)16(20)25)22(9-19-14)8-12(23)18-7-10-3-5-11(17)6-4-10/h3-6,9H,7-8H2,1-2H3,(H,18,23). The van der Waals surface area contributed by atoms with Gasteiger partial charge in [0.25, 0.3) is 5.56 Å². The zero-order chi connectivity index (χ0) is 18.1. The average Bonchev–Trinajstić information content (AvgIpc) is 3.01. The lowest BCUT2D eigenvalue weighted by Crippen LogP contribution is -2.38. The van der Waals surface area contributed by atoms with Crippen molar-refractivity contribution >= 4 is 28.7 Å². The molecule has 0 aliphatic heterocycles. The summed E-state index contributed by atoms with van der Waals surface area (Å²) in [4.78, 5) is 40.5. The van der Waals surface area contributed by atoms with Crippen molar-refractivity contribution in [1.29, 1.82) is 0 Å². The molecule has 3 rings (SSSR count). The summed E-state index contributed by atoms with van der Waals surface area (Å²) < 4.78 is 3.71. The van der Waals surface area contributed by atoms with Gasteiger partial charge in [0, 0.05) is 25.7 Å². The van der Waals surface area contributed by atoms with Crippen LogP contribution in [0.3, 0.4) is 0 Å². The van der Waals surface area contributed by atoms with Crippen LogP contribution in [0, 0.1) is 0 Å². The first-order valence-electron chi connectivity index (χ1n) is 7.50. The zero-order valence-corrected chi connectivity index (χ0v) is 14.4. The van der Waals surface area contributed by atoms with Crippen molar-refractivity contribution in [3.8, 4) is 0 Å². The Balaban J connectivity index is 1.81. The van der Waals surface area contributed by atoms with Crippen LogP contribution in [0.1, 0.15) is 5.56 Å². The molecule has 130 valence electrons. The van der Waals surface area contributed by atoms with E-state index in [0.29, 0.717) is 11.6 Å². The highest BCUT2D eigenvalue weighted by molar-refractivity contribution is 6.30. The fourth-order valence-corrected chi connectivity index (χ4v) is 2.66. The number of carbonyl (C=O) groups excluding carboxylic acids is 1. The second-order valence-electron chi connectivity index (χ2n) is 5.65. The summed E-state index contributed by atoms with van der Waals surface area (Å²) in [6, 6.07) is 7.13. The molecule has 1 N–H and O–H groups in total. The molecule has 25 heavy (non-hydrogen) atoms. The van der Waals surface area contributed by atoms with E-state index >= 15 is 0 Å². The molecule has 1 amide bonds. The molecule has 0 aliphatic rings. The minimum Gasteiger partial charge on any atom is -0.350 e. The van der Waals surface area contributed by atoms with Gasteiger partial charge in [-0.25, -0.2) is 9.78 Å². The number of aryl methyl sites for hydroxylation is 1. The summed E-state index contributed by atoms with van der Waals surface area (Å²) in [6.07, 6.45) is 1.38. The van der Waals surface area contributed by atoms with Gasteiger partial charge in [-0.15, -0.1) is 0 Å². The molecular weight excluding hydrogens is 346 g/mol. The number of nitrogens with zero attached hydrogens (tertiary/aromatic N) is 4. The third-order valence-corrected chi connectivity index (χ3v) is 4.19. The van der Waals surface area contributed by atoms with Crippen LogP contribution in [0.2, 0.25) is 5.02 Å². The van der Waals surface area contributed by atoms with Crippen molar-refractivity contribution in [3.05, 3.63) is 62.0 Å². The van der Waals surface area contributed by atoms with Gasteiger partial charge < -0.3 is 9.88 Å². The number of hydrogen-bond donors (Lipinski definition) is 1. The van der Waals surface area contributed by atoms with Gasteiger partial charge in [-0.1, -0.05) is 23.7 Å². The third kappa shape index (κ3) is 3.20. The molecule has 0 spiro atoms. The van der Waals surface area contributed by atoms with Gasteiger partial charge in [-0.3, -0.25) is 18.7 Å². The van der Waals surface area contributed by atoms with Gasteiger partial charge >= 0.3 is 5.69 Å². The fourth-order valence-electron chi connectivity index (χ4n) is 2.53. The van der Waals surface area contributed by atoms with Crippen LogP contribution in [-0.4, -0.2) is 24.6 Å². The number of benzene rings is 1. The first-order chi connectivity index (χ1) is 11.9. The lowest BCUT2D eigenvalue weighted by Gasteiger charge is -2.08. The summed E-state index contributed by atoms with van der Waals surface area (Å²) >= 11 is 5.82.